The van der Waals surface area contributed by atoms with E-state index >= 15 is 0 Å². The molecule has 2 N–H and O–H groups in total. The molecule has 3 amide bonds. The van der Waals surface area contributed by atoms with Crippen molar-refractivity contribution < 1.29 is 14.3 Å². The van der Waals surface area contributed by atoms with E-state index in [0.717, 1.165) is 24.9 Å². The van der Waals surface area contributed by atoms with Crippen LogP contribution < -0.4 is 20.3 Å². The number of methoxy groups -OCH3 is 1. The molecular weight excluding hydrogens is 294 g/mol. The van der Waals surface area contributed by atoms with Gasteiger partial charge >= 0.3 is 6.03 Å². The second kappa shape index (κ2) is 8.41. The number of amides is 3. The smallest absolute Gasteiger partial charge is 0.315 e. The van der Waals surface area contributed by atoms with Crippen LogP contribution in [0.2, 0.25) is 0 Å². The second-order valence-corrected chi connectivity index (χ2v) is 5.71. The molecule has 1 saturated heterocycles. The summed E-state index contributed by atoms with van der Waals surface area (Å²) in [6.07, 6.45) is 3.52. The lowest BCUT2D eigenvalue weighted by atomic mass is 10.2. The molecule has 1 atom stereocenters. The largest absolute Gasteiger partial charge is 0.497 e. The van der Waals surface area contributed by atoms with Gasteiger partial charge in [-0.2, -0.15) is 0 Å². The van der Waals surface area contributed by atoms with E-state index < -0.39 is 0 Å². The molecule has 1 unspecified atom stereocenters. The number of rotatable bonds is 7. The van der Waals surface area contributed by atoms with Crippen LogP contribution in [0.3, 0.4) is 0 Å². The number of unbranched alkanes of at least 4 members (excludes halogenated alkanes) is 2. The highest BCUT2D eigenvalue weighted by Crippen LogP contribution is 2.25. The minimum Gasteiger partial charge on any atom is -0.497 e. The number of nitrogens with zero attached hydrogens (tertiary/aromatic N) is 1. The normalized spacial score (nSPS) is 17.2. The van der Waals surface area contributed by atoms with Gasteiger partial charge in [-0.05, 0) is 18.6 Å². The van der Waals surface area contributed by atoms with Crippen molar-refractivity contribution in [3.63, 3.8) is 0 Å². The summed E-state index contributed by atoms with van der Waals surface area (Å²) >= 11 is 0. The Bertz CT molecular complexity index is 548. The molecule has 1 aromatic carbocycles. The molecule has 1 aromatic rings. The van der Waals surface area contributed by atoms with Gasteiger partial charge < -0.3 is 20.3 Å². The molecule has 23 heavy (non-hydrogen) atoms. The van der Waals surface area contributed by atoms with Crippen LogP contribution in [0.25, 0.3) is 0 Å². The quantitative estimate of drug-likeness (QED) is 0.758. The van der Waals surface area contributed by atoms with Gasteiger partial charge in [0.2, 0.25) is 5.91 Å². The summed E-state index contributed by atoms with van der Waals surface area (Å²) < 4.78 is 5.19. The van der Waals surface area contributed by atoms with E-state index in [1.165, 1.54) is 0 Å². The average molecular weight is 319 g/mol. The number of hydrogen-bond donors (Lipinski definition) is 2. The Morgan fingerprint density at radius 3 is 2.96 bits per heavy atom. The van der Waals surface area contributed by atoms with E-state index in [0.29, 0.717) is 25.3 Å². The van der Waals surface area contributed by atoms with Gasteiger partial charge in [0.1, 0.15) is 5.75 Å². The van der Waals surface area contributed by atoms with E-state index in [-0.39, 0.29) is 18.0 Å². The van der Waals surface area contributed by atoms with Gasteiger partial charge in [0, 0.05) is 31.3 Å². The summed E-state index contributed by atoms with van der Waals surface area (Å²) in [6.45, 7) is 3.27. The first-order chi connectivity index (χ1) is 11.1. The van der Waals surface area contributed by atoms with Crippen LogP contribution in [0.5, 0.6) is 5.75 Å². The van der Waals surface area contributed by atoms with E-state index in [4.69, 9.17) is 4.74 Å². The van der Waals surface area contributed by atoms with Gasteiger partial charge in [0.25, 0.3) is 0 Å². The van der Waals surface area contributed by atoms with Crippen molar-refractivity contribution in [2.24, 2.45) is 0 Å². The molecule has 0 saturated carbocycles. The van der Waals surface area contributed by atoms with Crippen LogP contribution in [0.1, 0.15) is 32.6 Å². The first-order valence-corrected chi connectivity index (χ1v) is 8.12. The van der Waals surface area contributed by atoms with Gasteiger partial charge in [-0.25, -0.2) is 4.79 Å². The zero-order valence-corrected chi connectivity index (χ0v) is 13.8. The molecule has 0 radical (unpaired) electrons. The third-order valence-electron chi connectivity index (χ3n) is 3.89. The Labute approximate surface area is 137 Å². The van der Waals surface area contributed by atoms with E-state index in [9.17, 15) is 9.59 Å². The number of nitrogens with one attached hydrogen (secondary N) is 2. The highest BCUT2D eigenvalue weighted by Gasteiger charge is 2.31. The number of urea groups is 1. The van der Waals surface area contributed by atoms with Crippen molar-refractivity contribution in [1.29, 1.82) is 0 Å². The van der Waals surface area contributed by atoms with Crippen molar-refractivity contribution in [3.8, 4) is 5.75 Å². The lowest BCUT2D eigenvalue weighted by Crippen LogP contribution is -2.43. The maximum Gasteiger partial charge on any atom is 0.315 e. The molecule has 1 heterocycles. The number of carbonyl (C=O) groups excluding carboxylic acids is 2. The van der Waals surface area contributed by atoms with Crippen LogP contribution >= 0.6 is 0 Å². The summed E-state index contributed by atoms with van der Waals surface area (Å²) in [4.78, 5) is 25.7. The number of benzene rings is 1. The van der Waals surface area contributed by atoms with Crippen molar-refractivity contribution in [3.05, 3.63) is 24.3 Å². The van der Waals surface area contributed by atoms with Gasteiger partial charge in [-0.15, -0.1) is 0 Å². The van der Waals surface area contributed by atoms with E-state index in [2.05, 4.69) is 17.6 Å². The SMILES string of the molecule is CCCCCNC(=O)NC1CC(=O)N(c2cccc(OC)c2)C1. The van der Waals surface area contributed by atoms with Crippen LogP contribution in [-0.2, 0) is 4.79 Å². The van der Waals surface area contributed by atoms with Gasteiger partial charge in [0.05, 0.1) is 13.2 Å². The zero-order chi connectivity index (χ0) is 16.7. The highest BCUT2D eigenvalue weighted by atomic mass is 16.5. The predicted octanol–water partition coefficient (Wildman–Crippen LogP) is 2.29. The van der Waals surface area contributed by atoms with Crippen molar-refractivity contribution >= 4 is 17.6 Å². The number of ether oxygens (including phenoxy) is 1. The van der Waals surface area contributed by atoms with Gasteiger partial charge in [-0.1, -0.05) is 25.8 Å². The molecule has 2 rings (SSSR count). The first-order valence-electron chi connectivity index (χ1n) is 8.12. The van der Waals surface area contributed by atoms with E-state index in [1.807, 2.05) is 24.3 Å². The summed E-state index contributed by atoms with van der Waals surface area (Å²) in [6, 6.07) is 7.01. The highest BCUT2D eigenvalue weighted by molar-refractivity contribution is 5.97. The lowest BCUT2D eigenvalue weighted by molar-refractivity contribution is -0.117. The Morgan fingerprint density at radius 1 is 1.39 bits per heavy atom. The van der Waals surface area contributed by atoms with Crippen LogP contribution in [0.4, 0.5) is 10.5 Å². The topological polar surface area (TPSA) is 70.7 Å². The standard InChI is InChI=1S/C17H25N3O3/c1-3-4-5-9-18-17(22)19-13-10-16(21)20(12-13)14-7-6-8-15(11-14)23-2/h6-8,11,13H,3-5,9-10,12H2,1-2H3,(H2,18,19,22). The maximum atomic E-state index is 12.2. The molecule has 1 aliphatic heterocycles. The minimum absolute atomic E-state index is 0.00883. The Hall–Kier alpha value is -2.24. The molecule has 6 heteroatoms. The molecular formula is C17H25N3O3. The van der Waals surface area contributed by atoms with Crippen LogP contribution in [0, 0.1) is 0 Å². The average Bonchev–Trinajstić information content (AvgIpc) is 2.92. The summed E-state index contributed by atoms with van der Waals surface area (Å²) in [5.74, 6) is 0.718. The van der Waals surface area contributed by atoms with Gasteiger partial charge in [-0.3, -0.25) is 4.79 Å². The second-order valence-electron chi connectivity index (χ2n) is 5.71. The molecule has 126 valence electrons. The molecule has 0 aromatic heterocycles. The third kappa shape index (κ3) is 4.87. The predicted molar refractivity (Wildman–Crippen MR) is 89.8 cm³/mol. The fraction of sp³-hybridized carbons (Fsp3) is 0.529. The molecule has 1 aliphatic rings. The molecule has 1 fully saturated rings. The van der Waals surface area contributed by atoms with Gasteiger partial charge in [0.15, 0.2) is 0 Å². The number of hydrogen-bond acceptors (Lipinski definition) is 3. The monoisotopic (exact) mass is 319 g/mol. The first kappa shape index (κ1) is 17.1. The van der Waals surface area contributed by atoms with Crippen LogP contribution in [-0.4, -0.2) is 38.2 Å². The molecule has 6 nitrogen and oxygen atoms in total. The van der Waals surface area contributed by atoms with E-state index in [1.54, 1.807) is 12.0 Å². The van der Waals surface area contributed by atoms with Crippen LogP contribution in [0.15, 0.2) is 24.3 Å². The Kier molecular flexibility index (Phi) is 6.26. The Morgan fingerprint density at radius 2 is 2.22 bits per heavy atom. The summed E-state index contributed by atoms with van der Waals surface area (Å²) in [7, 11) is 1.60. The molecule has 0 aliphatic carbocycles. The minimum atomic E-state index is -0.202. The lowest BCUT2D eigenvalue weighted by Gasteiger charge is -2.18. The summed E-state index contributed by atoms with van der Waals surface area (Å²) in [5.41, 5.74) is 0.794. The van der Waals surface area contributed by atoms with Crippen molar-refractivity contribution in [2.45, 2.75) is 38.6 Å². The van der Waals surface area contributed by atoms with Crippen molar-refractivity contribution in [2.75, 3.05) is 25.1 Å². The Balaban J connectivity index is 1.85. The third-order valence-corrected chi connectivity index (χ3v) is 3.89. The zero-order valence-electron chi connectivity index (χ0n) is 13.8. The fourth-order valence-electron chi connectivity index (χ4n) is 2.65. The maximum absolute atomic E-state index is 12.2. The molecule has 0 bridgehead atoms. The number of anilines is 1. The van der Waals surface area contributed by atoms with Crippen molar-refractivity contribution in [1.82, 2.24) is 10.6 Å². The summed E-state index contributed by atoms with van der Waals surface area (Å²) in [5, 5.41) is 5.70. The number of carbonyl (C=O) groups is 2. The molecule has 0 spiro atoms. The fourth-order valence-corrected chi connectivity index (χ4v) is 2.65.